The van der Waals surface area contributed by atoms with Crippen molar-refractivity contribution in [1.29, 1.82) is 0 Å². The van der Waals surface area contributed by atoms with Gasteiger partial charge in [-0.2, -0.15) is 0 Å². The van der Waals surface area contributed by atoms with E-state index in [0.29, 0.717) is 35.0 Å². The summed E-state index contributed by atoms with van der Waals surface area (Å²) < 4.78 is 5.93. The van der Waals surface area contributed by atoms with Gasteiger partial charge in [-0.3, -0.25) is 0 Å². The third kappa shape index (κ3) is 2.14. The third-order valence-electron chi connectivity index (χ3n) is 5.82. The number of halogens is 1. The zero-order valence-corrected chi connectivity index (χ0v) is 12.9. The van der Waals surface area contributed by atoms with Gasteiger partial charge in [-0.1, -0.05) is 30.2 Å². The van der Waals surface area contributed by atoms with Crippen LogP contribution in [-0.2, 0) is 4.74 Å². The minimum atomic E-state index is -0.472. The number of nitrogens with one attached hydrogen (secondary N) is 1. The molecule has 0 aromatic heterocycles. The fourth-order valence-electron chi connectivity index (χ4n) is 4.60. The summed E-state index contributed by atoms with van der Waals surface area (Å²) in [5.74, 6) is 0.655. The lowest BCUT2D eigenvalue weighted by Crippen LogP contribution is -2.71. The van der Waals surface area contributed by atoms with Gasteiger partial charge in [0.2, 0.25) is 0 Å². The molecule has 0 radical (unpaired) electrons. The first-order valence-electron chi connectivity index (χ1n) is 7.99. The summed E-state index contributed by atoms with van der Waals surface area (Å²) in [6.45, 7) is 1.52. The number of hydrogen-bond acceptors (Lipinski definition) is 3. The van der Waals surface area contributed by atoms with Gasteiger partial charge >= 0.3 is 0 Å². The predicted molar refractivity (Wildman–Crippen MR) is 82.3 cm³/mol. The molecule has 1 spiro atoms. The first-order chi connectivity index (χ1) is 10.2. The monoisotopic (exact) mass is 307 g/mol. The van der Waals surface area contributed by atoms with Gasteiger partial charge in [-0.05, 0) is 37.0 Å². The van der Waals surface area contributed by atoms with Crippen LogP contribution in [0.3, 0.4) is 0 Å². The van der Waals surface area contributed by atoms with E-state index < -0.39 is 6.10 Å². The maximum absolute atomic E-state index is 10.3. The Morgan fingerprint density at radius 1 is 1.33 bits per heavy atom. The van der Waals surface area contributed by atoms with Crippen molar-refractivity contribution in [2.75, 3.05) is 13.2 Å². The Bertz CT molecular complexity index is 514. The van der Waals surface area contributed by atoms with Crippen LogP contribution in [0.2, 0.25) is 5.02 Å². The summed E-state index contributed by atoms with van der Waals surface area (Å²) in [5.41, 5.74) is 1.30. The van der Waals surface area contributed by atoms with E-state index in [1.54, 1.807) is 0 Å². The SMILES string of the molecule is OC(CNC1C2CCOC2C12CCC2)c1ccc(Cl)cc1. The Balaban J connectivity index is 1.39. The number of ether oxygens (including phenoxy) is 1. The van der Waals surface area contributed by atoms with Crippen molar-refractivity contribution in [3.8, 4) is 0 Å². The summed E-state index contributed by atoms with van der Waals surface area (Å²) in [7, 11) is 0. The second kappa shape index (κ2) is 5.24. The van der Waals surface area contributed by atoms with E-state index in [0.717, 1.165) is 12.2 Å². The number of rotatable bonds is 4. The summed E-state index contributed by atoms with van der Waals surface area (Å²) in [6.07, 6.45) is 5.06. The Morgan fingerprint density at radius 2 is 2.10 bits per heavy atom. The van der Waals surface area contributed by atoms with Gasteiger partial charge in [0.15, 0.2) is 0 Å². The average molecular weight is 308 g/mol. The summed E-state index contributed by atoms with van der Waals surface area (Å²) in [5, 5.41) is 14.7. The number of aliphatic hydroxyl groups is 1. The molecule has 21 heavy (non-hydrogen) atoms. The van der Waals surface area contributed by atoms with Crippen LogP contribution in [0.15, 0.2) is 24.3 Å². The van der Waals surface area contributed by atoms with Crippen LogP contribution >= 0.6 is 11.6 Å². The van der Waals surface area contributed by atoms with Crippen LogP contribution in [0.1, 0.15) is 37.4 Å². The van der Waals surface area contributed by atoms with E-state index in [1.807, 2.05) is 24.3 Å². The van der Waals surface area contributed by atoms with Gasteiger partial charge in [0.1, 0.15) is 0 Å². The Kier molecular flexibility index (Phi) is 3.49. The molecule has 1 aromatic rings. The molecule has 114 valence electrons. The normalized spacial score (nSPS) is 34.1. The minimum absolute atomic E-state index is 0.376. The van der Waals surface area contributed by atoms with Crippen molar-refractivity contribution in [3.05, 3.63) is 34.9 Å². The second-order valence-corrected chi connectivity index (χ2v) is 7.22. The zero-order valence-electron chi connectivity index (χ0n) is 12.1. The van der Waals surface area contributed by atoms with E-state index in [9.17, 15) is 5.11 Å². The highest BCUT2D eigenvalue weighted by molar-refractivity contribution is 6.30. The third-order valence-corrected chi connectivity index (χ3v) is 6.07. The lowest BCUT2D eigenvalue weighted by atomic mass is 9.46. The summed E-state index contributed by atoms with van der Waals surface area (Å²) in [4.78, 5) is 0. The second-order valence-electron chi connectivity index (χ2n) is 6.78. The molecule has 1 aromatic carbocycles. The Hall–Kier alpha value is -0.610. The molecular formula is C17H22ClNO2. The molecule has 4 rings (SSSR count). The summed E-state index contributed by atoms with van der Waals surface area (Å²) >= 11 is 5.89. The molecule has 3 nitrogen and oxygen atoms in total. The smallest absolute Gasteiger partial charge is 0.0914 e. The van der Waals surface area contributed by atoms with Crippen molar-refractivity contribution in [3.63, 3.8) is 0 Å². The summed E-state index contributed by atoms with van der Waals surface area (Å²) in [6, 6.07) is 7.99. The van der Waals surface area contributed by atoms with Crippen LogP contribution < -0.4 is 5.32 Å². The van der Waals surface area contributed by atoms with Gasteiger partial charge in [-0.15, -0.1) is 0 Å². The largest absolute Gasteiger partial charge is 0.387 e. The van der Waals surface area contributed by atoms with Crippen molar-refractivity contribution in [1.82, 2.24) is 5.32 Å². The van der Waals surface area contributed by atoms with Gasteiger partial charge in [0.25, 0.3) is 0 Å². The lowest BCUT2D eigenvalue weighted by molar-refractivity contribution is -0.177. The van der Waals surface area contributed by atoms with E-state index in [2.05, 4.69) is 5.32 Å². The van der Waals surface area contributed by atoms with Crippen LogP contribution in [0.4, 0.5) is 0 Å². The molecule has 2 aliphatic carbocycles. The Labute approximate surface area is 130 Å². The number of aliphatic hydroxyl groups excluding tert-OH is 1. The molecule has 4 atom stereocenters. The molecular weight excluding hydrogens is 286 g/mol. The zero-order chi connectivity index (χ0) is 14.4. The fraction of sp³-hybridized carbons (Fsp3) is 0.647. The highest BCUT2D eigenvalue weighted by atomic mass is 35.5. The molecule has 2 N–H and O–H groups in total. The van der Waals surface area contributed by atoms with E-state index in [4.69, 9.17) is 16.3 Å². The van der Waals surface area contributed by atoms with Crippen molar-refractivity contribution in [2.45, 2.75) is 43.9 Å². The maximum Gasteiger partial charge on any atom is 0.0914 e. The topological polar surface area (TPSA) is 41.5 Å². The molecule has 0 bridgehead atoms. The van der Waals surface area contributed by atoms with Gasteiger partial charge in [0.05, 0.1) is 12.2 Å². The molecule has 0 amide bonds. The van der Waals surface area contributed by atoms with Gasteiger partial charge < -0.3 is 15.2 Å². The fourth-order valence-corrected chi connectivity index (χ4v) is 4.73. The molecule has 3 fully saturated rings. The average Bonchev–Trinajstić information content (AvgIpc) is 2.83. The molecule has 1 aliphatic heterocycles. The van der Waals surface area contributed by atoms with Crippen LogP contribution in [0.5, 0.6) is 0 Å². The van der Waals surface area contributed by atoms with Crippen molar-refractivity contribution < 1.29 is 9.84 Å². The van der Waals surface area contributed by atoms with Gasteiger partial charge in [0, 0.05) is 35.5 Å². The van der Waals surface area contributed by atoms with E-state index in [1.165, 1.54) is 25.7 Å². The molecule has 4 unspecified atom stereocenters. The van der Waals surface area contributed by atoms with E-state index >= 15 is 0 Å². The number of benzene rings is 1. The molecule has 4 heteroatoms. The minimum Gasteiger partial charge on any atom is -0.387 e. The predicted octanol–water partition coefficient (Wildman–Crippen LogP) is 2.92. The lowest BCUT2D eigenvalue weighted by Gasteiger charge is -2.63. The highest BCUT2D eigenvalue weighted by Gasteiger charge is 2.66. The quantitative estimate of drug-likeness (QED) is 0.898. The Morgan fingerprint density at radius 3 is 2.76 bits per heavy atom. The molecule has 3 aliphatic rings. The first kappa shape index (κ1) is 14.0. The molecule has 2 saturated carbocycles. The standard InChI is InChI=1S/C17H22ClNO2/c18-12-4-2-11(3-5-12)14(20)10-19-15-13-6-9-21-16(13)17(15)7-1-8-17/h2-5,13-16,19-20H,1,6-10H2. The molecule has 1 saturated heterocycles. The van der Waals surface area contributed by atoms with Crippen molar-refractivity contribution in [2.24, 2.45) is 11.3 Å². The van der Waals surface area contributed by atoms with E-state index in [-0.39, 0.29) is 0 Å². The highest BCUT2D eigenvalue weighted by Crippen LogP contribution is 2.62. The van der Waals surface area contributed by atoms with Crippen LogP contribution in [0.25, 0.3) is 0 Å². The number of hydrogen-bond donors (Lipinski definition) is 2. The number of fused-ring (bicyclic) bond motifs is 2. The van der Waals surface area contributed by atoms with Crippen molar-refractivity contribution >= 4 is 11.6 Å². The maximum atomic E-state index is 10.3. The van der Waals surface area contributed by atoms with Crippen LogP contribution in [0, 0.1) is 11.3 Å². The molecule has 1 heterocycles. The van der Waals surface area contributed by atoms with Crippen LogP contribution in [-0.4, -0.2) is 30.4 Å². The first-order valence-corrected chi connectivity index (χ1v) is 8.37. The van der Waals surface area contributed by atoms with Gasteiger partial charge in [-0.25, -0.2) is 0 Å².